The molecule has 0 saturated carbocycles. The van der Waals surface area contributed by atoms with Crippen molar-refractivity contribution in [3.63, 3.8) is 0 Å². The van der Waals surface area contributed by atoms with E-state index in [2.05, 4.69) is 15.6 Å². The number of carbonyl (C=O) groups is 3. The summed E-state index contributed by atoms with van der Waals surface area (Å²) in [5.41, 5.74) is 2.67. The van der Waals surface area contributed by atoms with Crippen LogP contribution in [0.3, 0.4) is 0 Å². The summed E-state index contributed by atoms with van der Waals surface area (Å²) in [4.78, 5) is 41.7. The fourth-order valence-corrected chi connectivity index (χ4v) is 2.52. The normalized spacial score (nSPS) is 10.5. The van der Waals surface area contributed by atoms with Crippen LogP contribution in [0.1, 0.15) is 21.5 Å². The first-order valence-corrected chi connectivity index (χ1v) is 8.68. The number of pyridine rings is 1. The lowest BCUT2D eigenvalue weighted by atomic mass is 10.1. The summed E-state index contributed by atoms with van der Waals surface area (Å²) in [6, 6.07) is 8.53. The molecule has 0 saturated heterocycles. The van der Waals surface area contributed by atoms with E-state index >= 15 is 0 Å². The van der Waals surface area contributed by atoms with E-state index in [-0.39, 0.29) is 24.9 Å². The summed E-state index contributed by atoms with van der Waals surface area (Å²) >= 11 is 0. The molecule has 8 heteroatoms. The molecule has 8 nitrogen and oxygen atoms in total. The van der Waals surface area contributed by atoms with Crippen molar-refractivity contribution in [2.75, 3.05) is 37.9 Å². The van der Waals surface area contributed by atoms with Crippen molar-refractivity contribution < 1.29 is 19.1 Å². The molecule has 2 amide bonds. The summed E-state index contributed by atoms with van der Waals surface area (Å²) in [5, 5.41) is 5.46. The van der Waals surface area contributed by atoms with Crippen LogP contribution in [0.5, 0.6) is 0 Å². The Bertz CT molecular complexity index is 882. The number of nitrogens with one attached hydrogen (secondary N) is 2. The van der Waals surface area contributed by atoms with Crippen LogP contribution in [0, 0.1) is 13.8 Å². The Labute approximate surface area is 163 Å². The van der Waals surface area contributed by atoms with Crippen LogP contribution >= 0.6 is 0 Å². The molecule has 28 heavy (non-hydrogen) atoms. The summed E-state index contributed by atoms with van der Waals surface area (Å²) in [6.45, 7) is 3.77. The summed E-state index contributed by atoms with van der Waals surface area (Å²) in [6.07, 6.45) is 1.62. The summed E-state index contributed by atoms with van der Waals surface area (Å²) in [7, 11) is 2.97. The van der Waals surface area contributed by atoms with Gasteiger partial charge in [-0.15, -0.1) is 0 Å². The summed E-state index contributed by atoms with van der Waals surface area (Å²) < 4.78 is 4.69. The lowest BCUT2D eigenvalue weighted by molar-refractivity contribution is -0.119. The van der Waals surface area contributed by atoms with Gasteiger partial charge in [0.2, 0.25) is 11.8 Å². The number of likely N-dealkylation sites (N-methyl/N-ethyl adjacent to an activating group) is 1. The SMILES string of the molecule is COC(=O)c1ccc(C)c(NC(=O)CN(C)CC(=O)Nc2cc(C)ccn2)c1. The zero-order chi connectivity index (χ0) is 20.7. The third-order valence-corrected chi connectivity index (χ3v) is 3.94. The van der Waals surface area contributed by atoms with Crippen molar-refractivity contribution in [2.24, 2.45) is 0 Å². The number of aryl methyl sites for hydroxylation is 2. The third-order valence-electron chi connectivity index (χ3n) is 3.94. The molecule has 1 heterocycles. The molecule has 148 valence electrons. The number of hydrogen-bond acceptors (Lipinski definition) is 6. The second-order valence-corrected chi connectivity index (χ2v) is 6.51. The number of esters is 1. The zero-order valence-corrected chi connectivity index (χ0v) is 16.4. The molecule has 0 aliphatic rings. The van der Waals surface area contributed by atoms with Gasteiger partial charge in [0.25, 0.3) is 0 Å². The number of methoxy groups -OCH3 is 1. The Morgan fingerprint density at radius 1 is 1.04 bits per heavy atom. The van der Waals surface area contributed by atoms with Gasteiger partial charge in [-0.2, -0.15) is 0 Å². The Kier molecular flexibility index (Phi) is 7.22. The van der Waals surface area contributed by atoms with Gasteiger partial charge in [0.15, 0.2) is 0 Å². The van der Waals surface area contributed by atoms with Crippen molar-refractivity contribution in [1.29, 1.82) is 0 Å². The maximum Gasteiger partial charge on any atom is 0.337 e. The number of ether oxygens (including phenoxy) is 1. The van der Waals surface area contributed by atoms with Crippen LogP contribution in [0.25, 0.3) is 0 Å². The van der Waals surface area contributed by atoms with Gasteiger partial charge in [0.05, 0.1) is 25.8 Å². The maximum absolute atomic E-state index is 12.3. The van der Waals surface area contributed by atoms with Crippen LogP contribution in [-0.4, -0.2) is 54.9 Å². The molecule has 0 atom stereocenters. The molecule has 0 aliphatic carbocycles. The van der Waals surface area contributed by atoms with E-state index in [1.54, 1.807) is 42.4 Å². The molecule has 1 aromatic carbocycles. The van der Waals surface area contributed by atoms with Gasteiger partial charge in [-0.3, -0.25) is 14.5 Å². The largest absolute Gasteiger partial charge is 0.465 e. The van der Waals surface area contributed by atoms with Crippen LogP contribution in [0.15, 0.2) is 36.5 Å². The molecular formula is C20H24N4O4. The van der Waals surface area contributed by atoms with Crippen molar-refractivity contribution in [1.82, 2.24) is 9.88 Å². The molecule has 2 N–H and O–H groups in total. The van der Waals surface area contributed by atoms with Gasteiger partial charge in [-0.1, -0.05) is 6.07 Å². The smallest absolute Gasteiger partial charge is 0.337 e. The zero-order valence-electron chi connectivity index (χ0n) is 16.4. The number of rotatable bonds is 7. The molecule has 0 radical (unpaired) electrons. The van der Waals surface area contributed by atoms with E-state index < -0.39 is 5.97 Å². The Morgan fingerprint density at radius 2 is 1.71 bits per heavy atom. The van der Waals surface area contributed by atoms with E-state index in [0.29, 0.717) is 17.1 Å². The highest BCUT2D eigenvalue weighted by atomic mass is 16.5. The van der Waals surface area contributed by atoms with Gasteiger partial charge in [-0.05, 0) is 56.3 Å². The number of anilines is 2. The van der Waals surface area contributed by atoms with Crippen LogP contribution in [0.2, 0.25) is 0 Å². The molecule has 0 aliphatic heterocycles. The van der Waals surface area contributed by atoms with E-state index in [1.807, 2.05) is 19.9 Å². The number of benzene rings is 1. The van der Waals surface area contributed by atoms with Gasteiger partial charge < -0.3 is 15.4 Å². The van der Waals surface area contributed by atoms with Gasteiger partial charge in [0, 0.05) is 11.9 Å². The first-order valence-electron chi connectivity index (χ1n) is 8.68. The Hall–Kier alpha value is -3.26. The second kappa shape index (κ2) is 9.61. The fourth-order valence-electron chi connectivity index (χ4n) is 2.52. The molecule has 0 spiro atoms. The van der Waals surface area contributed by atoms with Crippen molar-refractivity contribution in [2.45, 2.75) is 13.8 Å². The predicted molar refractivity (Wildman–Crippen MR) is 106 cm³/mol. The second-order valence-electron chi connectivity index (χ2n) is 6.51. The van der Waals surface area contributed by atoms with E-state index in [1.165, 1.54) is 7.11 Å². The minimum absolute atomic E-state index is 0.0105. The van der Waals surface area contributed by atoms with Crippen LogP contribution in [0.4, 0.5) is 11.5 Å². The quantitative estimate of drug-likeness (QED) is 0.708. The van der Waals surface area contributed by atoms with Crippen molar-refractivity contribution in [3.8, 4) is 0 Å². The monoisotopic (exact) mass is 384 g/mol. The number of carbonyl (C=O) groups excluding carboxylic acids is 3. The number of amides is 2. The minimum atomic E-state index is -0.478. The average Bonchev–Trinajstić information content (AvgIpc) is 2.62. The van der Waals surface area contributed by atoms with E-state index in [0.717, 1.165) is 11.1 Å². The lowest BCUT2D eigenvalue weighted by Crippen LogP contribution is -2.36. The predicted octanol–water partition coefficient (Wildman–Crippen LogP) is 1.99. The van der Waals surface area contributed by atoms with Crippen LogP contribution < -0.4 is 10.6 Å². The molecule has 2 aromatic rings. The van der Waals surface area contributed by atoms with E-state index in [9.17, 15) is 14.4 Å². The molecular weight excluding hydrogens is 360 g/mol. The first kappa shape index (κ1) is 21.0. The number of aromatic nitrogens is 1. The lowest BCUT2D eigenvalue weighted by Gasteiger charge is -2.17. The third kappa shape index (κ3) is 6.17. The molecule has 0 unspecified atom stereocenters. The number of hydrogen-bond donors (Lipinski definition) is 2. The highest BCUT2D eigenvalue weighted by molar-refractivity contribution is 5.96. The molecule has 1 aromatic heterocycles. The first-order chi connectivity index (χ1) is 13.3. The van der Waals surface area contributed by atoms with Crippen molar-refractivity contribution in [3.05, 3.63) is 53.2 Å². The van der Waals surface area contributed by atoms with E-state index in [4.69, 9.17) is 4.74 Å². The average molecular weight is 384 g/mol. The van der Waals surface area contributed by atoms with Gasteiger partial charge >= 0.3 is 5.97 Å². The van der Waals surface area contributed by atoms with Crippen molar-refractivity contribution >= 4 is 29.3 Å². The van der Waals surface area contributed by atoms with Gasteiger partial charge in [0.1, 0.15) is 5.82 Å². The Morgan fingerprint density at radius 3 is 2.36 bits per heavy atom. The standard InChI is InChI=1S/C20H24N4O4/c1-13-7-8-21-17(9-13)23-19(26)12-24(3)11-18(25)22-16-10-15(20(27)28-4)6-5-14(16)2/h5-10H,11-12H2,1-4H3,(H,22,25)(H,21,23,26). The molecule has 0 fully saturated rings. The fraction of sp³-hybridized carbons (Fsp3) is 0.300. The molecule has 2 rings (SSSR count). The maximum atomic E-state index is 12.3. The highest BCUT2D eigenvalue weighted by Crippen LogP contribution is 2.17. The minimum Gasteiger partial charge on any atom is -0.465 e. The number of nitrogens with zero attached hydrogens (tertiary/aromatic N) is 2. The van der Waals surface area contributed by atoms with Gasteiger partial charge in [-0.25, -0.2) is 9.78 Å². The molecule has 0 bridgehead atoms. The topological polar surface area (TPSA) is 101 Å². The Balaban J connectivity index is 1.90. The highest BCUT2D eigenvalue weighted by Gasteiger charge is 2.14. The summed E-state index contributed by atoms with van der Waals surface area (Å²) in [5.74, 6) is -0.571. The van der Waals surface area contributed by atoms with Crippen LogP contribution in [-0.2, 0) is 14.3 Å².